The van der Waals surface area contributed by atoms with Gasteiger partial charge in [-0.15, -0.1) is 11.3 Å². The Morgan fingerprint density at radius 2 is 1.94 bits per heavy atom. The van der Waals surface area contributed by atoms with Crippen molar-refractivity contribution < 1.29 is 27.5 Å². The third-order valence-corrected chi connectivity index (χ3v) is 7.95. The van der Waals surface area contributed by atoms with Crippen molar-refractivity contribution in [2.24, 2.45) is 5.73 Å². The molecule has 1 aromatic carbocycles. The molecule has 1 aliphatic heterocycles. The highest BCUT2D eigenvalue weighted by Gasteiger charge is 2.30. The maximum absolute atomic E-state index is 12.4. The van der Waals surface area contributed by atoms with Crippen LogP contribution >= 0.6 is 11.3 Å². The Kier molecular flexibility index (Phi) is 7.52. The molecule has 0 atom stereocenters. The summed E-state index contributed by atoms with van der Waals surface area (Å²) in [6.45, 7) is 2.64. The van der Waals surface area contributed by atoms with Crippen LogP contribution in [-0.2, 0) is 32.3 Å². The summed E-state index contributed by atoms with van der Waals surface area (Å²) in [6.07, 6.45) is 0.101. The summed E-state index contributed by atoms with van der Waals surface area (Å²) in [5, 5.41) is 3.02. The molecule has 2 heterocycles. The van der Waals surface area contributed by atoms with Gasteiger partial charge in [-0.3, -0.25) is 9.59 Å². The molecular formula is C21H25N3O6S2. The summed E-state index contributed by atoms with van der Waals surface area (Å²) in [7, 11) is -3.47. The van der Waals surface area contributed by atoms with Crippen LogP contribution < -0.4 is 11.1 Å². The van der Waals surface area contributed by atoms with Gasteiger partial charge >= 0.3 is 6.09 Å². The zero-order valence-corrected chi connectivity index (χ0v) is 19.3. The Morgan fingerprint density at radius 3 is 2.59 bits per heavy atom. The molecule has 3 N–H and O–H groups in total. The lowest BCUT2D eigenvalue weighted by molar-refractivity contribution is -0.116. The molecule has 0 aliphatic carbocycles. The second kappa shape index (κ2) is 10.1. The van der Waals surface area contributed by atoms with Gasteiger partial charge in [0.25, 0.3) is 5.91 Å². The summed E-state index contributed by atoms with van der Waals surface area (Å²) in [6, 6.07) is 8.06. The number of primary amides is 1. The highest BCUT2D eigenvalue weighted by molar-refractivity contribution is 7.91. The second-order valence-corrected chi connectivity index (χ2v) is 10.4. The molecule has 0 fully saturated rings. The van der Waals surface area contributed by atoms with Gasteiger partial charge in [-0.1, -0.05) is 18.2 Å². The van der Waals surface area contributed by atoms with Gasteiger partial charge in [0.15, 0.2) is 9.84 Å². The van der Waals surface area contributed by atoms with Crippen LogP contribution in [0.3, 0.4) is 0 Å². The summed E-state index contributed by atoms with van der Waals surface area (Å²) in [5.41, 5.74) is 6.53. The average molecular weight is 480 g/mol. The summed E-state index contributed by atoms with van der Waals surface area (Å²) >= 11 is 1.19. The van der Waals surface area contributed by atoms with Crippen molar-refractivity contribution in [3.05, 3.63) is 46.3 Å². The minimum atomic E-state index is -3.47. The first kappa shape index (κ1) is 23.7. The van der Waals surface area contributed by atoms with Crippen LogP contribution in [0.4, 0.5) is 9.80 Å². The van der Waals surface area contributed by atoms with Crippen LogP contribution in [0, 0.1) is 0 Å². The van der Waals surface area contributed by atoms with Crippen molar-refractivity contribution in [3.63, 3.8) is 0 Å². The number of ether oxygens (including phenoxy) is 1. The standard InChI is InChI=1S/C21H25N3O6S2/c1-2-30-21(27)24-11-10-15-16(13-24)31-20(18(15)19(22)26)23-17(25)9-6-12-32(28,29)14-7-4-3-5-8-14/h3-5,7-8H,2,6,9-13H2,1H3,(H2,22,26)(H,23,25). The average Bonchev–Trinajstić information content (AvgIpc) is 3.11. The van der Waals surface area contributed by atoms with Crippen molar-refractivity contribution in [1.82, 2.24) is 4.90 Å². The lowest BCUT2D eigenvalue weighted by atomic mass is 10.0. The highest BCUT2D eigenvalue weighted by Crippen LogP contribution is 2.37. The number of carbonyl (C=O) groups excluding carboxylic acids is 3. The molecule has 0 saturated heterocycles. The van der Waals surface area contributed by atoms with E-state index >= 15 is 0 Å². The van der Waals surface area contributed by atoms with E-state index in [-0.39, 0.29) is 42.2 Å². The molecular weight excluding hydrogens is 454 g/mol. The number of thiophene rings is 1. The second-order valence-electron chi connectivity index (χ2n) is 7.23. The third-order valence-electron chi connectivity index (χ3n) is 5.00. The molecule has 1 aromatic heterocycles. The van der Waals surface area contributed by atoms with Gasteiger partial charge in [0.2, 0.25) is 5.91 Å². The number of sulfone groups is 1. The fourth-order valence-electron chi connectivity index (χ4n) is 3.48. The number of nitrogens with two attached hydrogens (primary N) is 1. The van der Waals surface area contributed by atoms with Crippen LogP contribution in [0.15, 0.2) is 35.2 Å². The Hall–Kier alpha value is -2.92. The lowest BCUT2D eigenvalue weighted by Crippen LogP contribution is -2.36. The van der Waals surface area contributed by atoms with Crippen LogP contribution in [0.2, 0.25) is 0 Å². The smallest absolute Gasteiger partial charge is 0.410 e. The van der Waals surface area contributed by atoms with Crippen molar-refractivity contribution in [3.8, 4) is 0 Å². The van der Waals surface area contributed by atoms with Crippen molar-refractivity contribution in [1.29, 1.82) is 0 Å². The first-order chi connectivity index (χ1) is 15.2. The predicted octanol–water partition coefficient (Wildman–Crippen LogP) is 2.55. The number of hydrogen-bond donors (Lipinski definition) is 2. The molecule has 0 saturated carbocycles. The Bertz CT molecular complexity index is 1110. The number of anilines is 1. The van der Waals surface area contributed by atoms with Gasteiger partial charge in [-0.2, -0.15) is 0 Å². The number of rotatable bonds is 8. The van der Waals surface area contributed by atoms with Crippen molar-refractivity contribution >= 4 is 44.1 Å². The normalized spacial score (nSPS) is 13.3. The van der Waals surface area contributed by atoms with E-state index in [1.54, 1.807) is 25.1 Å². The summed E-state index contributed by atoms with van der Waals surface area (Å²) in [5.74, 6) is -1.23. The minimum Gasteiger partial charge on any atom is -0.450 e. The van der Waals surface area contributed by atoms with E-state index < -0.39 is 27.7 Å². The summed E-state index contributed by atoms with van der Waals surface area (Å²) in [4.78, 5) is 39.0. The van der Waals surface area contributed by atoms with E-state index in [1.807, 2.05) is 0 Å². The van der Waals surface area contributed by atoms with E-state index in [9.17, 15) is 22.8 Å². The highest BCUT2D eigenvalue weighted by atomic mass is 32.2. The van der Waals surface area contributed by atoms with E-state index in [0.29, 0.717) is 18.0 Å². The molecule has 11 heteroatoms. The minimum absolute atomic E-state index is 0.0260. The Labute approximate surface area is 190 Å². The molecule has 2 aromatic rings. The number of fused-ring (bicyclic) bond motifs is 1. The molecule has 0 unspecified atom stereocenters. The van der Waals surface area contributed by atoms with Crippen molar-refractivity contribution in [2.45, 2.75) is 37.6 Å². The molecule has 3 rings (SSSR count). The number of amides is 3. The van der Waals surface area contributed by atoms with Gasteiger partial charge in [-0.25, -0.2) is 13.2 Å². The number of carbonyl (C=O) groups is 3. The fraction of sp³-hybridized carbons (Fsp3) is 0.381. The van der Waals surface area contributed by atoms with E-state index in [4.69, 9.17) is 10.5 Å². The monoisotopic (exact) mass is 479 g/mol. The zero-order chi connectivity index (χ0) is 23.3. The van der Waals surface area contributed by atoms with E-state index in [1.165, 1.54) is 28.4 Å². The molecule has 3 amide bonds. The first-order valence-electron chi connectivity index (χ1n) is 10.2. The number of benzene rings is 1. The zero-order valence-electron chi connectivity index (χ0n) is 17.6. The first-order valence-corrected chi connectivity index (χ1v) is 12.6. The van der Waals surface area contributed by atoms with Crippen LogP contribution in [0.1, 0.15) is 40.6 Å². The van der Waals surface area contributed by atoms with Crippen LogP contribution in [-0.4, -0.2) is 50.1 Å². The maximum Gasteiger partial charge on any atom is 0.410 e. The molecule has 0 spiro atoms. The largest absolute Gasteiger partial charge is 0.450 e. The Morgan fingerprint density at radius 1 is 1.22 bits per heavy atom. The predicted molar refractivity (Wildman–Crippen MR) is 120 cm³/mol. The SMILES string of the molecule is CCOC(=O)N1CCc2c(sc(NC(=O)CCCS(=O)(=O)c3ccccc3)c2C(N)=O)C1. The third kappa shape index (κ3) is 5.46. The number of nitrogens with zero attached hydrogens (tertiary/aromatic N) is 1. The quantitative estimate of drug-likeness (QED) is 0.597. The number of nitrogens with one attached hydrogen (secondary N) is 1. The van der Waals surface area contributed by atoms with Gasteiger partial charge < -0.3 is 20.7 Å². The number of hydrogen-bond acceptors (Lipinski definition) is 7. The van der Waals surface area contributed by atoms with Crippen molar-refractivity contribution in [2.75, 3.05) is 24.2 Å². The maximum atomic E-state index is 12.4. The van der Waals surface area contributed by atoms with Crippen LogP contribution in [0.5, 0.6) is 0 Å². The van der Waals surface area contributed by atoms with E-state index in [2.05, 4.69) is 5.32 Å². The van der Waals surface area contributed by atoms with Crippen LogP contribution in [0.25, 0.3) is 0 Å². The molecule has 0 radical (unpaired) electrons. The van der Waals surface area contributed by atoms with Gasteiger partial charge in [0.1, 0.15) is 5.00 Å². The molecule has 9 nitrogen and oxygen atoms in total. The van der Waals surface area contributed by atoms with E-state index in [0.717, 1.165) is 10.4 Å². The lowest BCUT2D eigenvalue weighted by Gasteiger charge is -2.26. The topological polar surface area (TPSA) is 136 Å². The van der Waals surface area contributed by atoms with Gasteiger partial charge in [0.05, 0.1) is 29.4 Å². The summed E-state index contributed by atoms with van der Waals surface area (Å²) < 4.78 is 29.7. The van der Waals surface area contributed by atoms with Gasteiger partial charge in [0, 0.05) is 17.8 Å². The molecule has 1 aliphatic rings. The Balaban J connectivity index is 1.65. The molecule has 32 heavy (non-hydrogen) atoms. The molecule has 172 valence electrons. The molecule has 0 bridgehead atoms. The van der Waals surface area contributed by atoms with Gasteiger partial charge in [-0.05, 0) is 37.5 Å². The fourth-order valence-corrected chi connectivity index (χ4v) is 6.10.